The molecule has 4 rings (SSSR count). The molecule has 2 heterocycles. The van der Waals surface area contributed by atoms with Crippen molar-refractivity contribution in [3.8, 4) is 11.8 Å². The predicted octanol–water partition coefficient (Wildman–Crippen LogP) is 5.38. The van der Waals surface area contributed by atoms with Crippen molar-refractivity contribution in [2.75, 3.05) is 5.43 Å². The van der Waals surface area contributed by atoms with Crippen LogP contribution in [0, 0.1) is 6.92 Å². The molecule has 0 bridgehead atoms. The van der Waals surface area contributed by atoms with Gasteiger partial charge in [-0.1, -0.05) is 0 Å². The highest BCUT2D eigenvalue weighted by atomic mass is 32.1. The number of nitrogens with zero attached hydrogens (tertiary/aromatic N) is 4. The number of aromatic nitrogens is 3. The maximum absolute atomic E-state index is 13.1. The minimum atomic E-state index is -4.55. The van der Waals surface area contributed by atoms with Crippen molar-refractivity contribution in [3.05, 3.63) is 58.4 Å². The van der Waals surface area contributed by atoms with Crippen LogP contribution in [0.4, 0.5) is 18.3 Å². The molecule has 6 nitrogen and oxygen atoms in total. The van der Waals surface area contributed by atoms with Crippen LogP contribution in [-0.4, -0.2) is 21.2 Å². The van der Waals surface area contributed by atoms with E-state index < -0.39 is 11.9 Å². The van der Waals surface area contributed by atoms with Gasteiger partial charge in [0.25, 0.3) is 0 Å². The van der Waals surface area contributed by atoms with Crippen LogP contribution in [0.3, 0.4) is 0 Å². The summed E-state index contributed by atoms with van der Waals surface area (Å²) in [6, 6.07) is 7.39. The van der Waals surface area contributed by atoms with Crippen molar-refractivity contribution in [1.29, 1.82) is 0 Å². The van der Waals surface area contributed by atoms with Crippen molar-refractivity contribution in [2.24, 2.45) is 5.10 Å². The molecule has 2 aromatic heterocycles. The molecule has 1 aliphatic rings. The van der Waals surface area contributed by atoms with Crippen molar-refractivity contribution in [3.63, 3.8) is 0 Å². The number of aryl methyl sites for hydroxylation is 1. The summed E-state index contributed by atoms with van der Waals surface area (Å²) in [4.78, 5) is 11.9. The maximum atomic E-state index is 13.1. The summed E-state index contributed by atoms with van der Waals surface area (Å²) in [5.41, 5.74) is 3.90. The fourth-order valence-corrected chi connectivity index (χ4v) is 3.15. The first-order valence-electron chi connectivity index (χ1n) is 8.82. The Hall–Kier alpha value is -3.01. The minimum Gasteiger partial charge on any atom is -0.424 e. The largest absolute Gasteiger partial charge is 0.433 e. The van der Waals surface area contributed by atoms with Gasteiger partial charge in [-0.15, -0.1) is 11.3 Å². The zero-order valence-corrected chi connectivity index (χ0v) is 16.1. The average molecular weight is 419 g/mol. The van der Waals surface area contributed by atoms with E-state index in [4.69, 9.17) is 4.74 Å². The molecular weight excluding hydrogens is 403 g/mol. The van der Waals surface area contributed by atoms with Crippen molar-refractivity contribution in [1.82, 2.24) is 15.0 Å². The summed E-state index contributed by atoms with van der Waals surface area (Å²) < 4.78 is 44.8. The first-order valence-corrected chi connectivity index (χ1v) is 9.70. The van der Waals surface area contributed by atoms with Crippen LogP contribution in [0.2, 0.25) is 0 Å². The molecule has 1 aromatic carbocycles. The smallest absolute Gasteiger partial charge is 0.424 e. The van der Waals surface area contributed by atoms with Gasteiger partial charge in [0.15, 0.2) is 5.69 Å². The molecular formula is C19H16F3N5OS. The molecule has 10 heteroatoms. The highest BCUT2D eigenvalue weighted by Gasteiger charge is 2.36. The summed E-state index contributed by atoms with van der Waals surface area (Å²) in [6.45, 7) is 1.89. The second kappa shape index (κ2) is 7.78. The third kappa shape index (κ3) is 5.08. The van der Waals surface area contributed by atoms with E-state index in [1.54, 1.807) is 30.5 Å². The Kier molecular flexibility index (Phi) is 5.18. The Bertz CT molecular complexity index is 1030. The Morgan fingerprint density at radius 2 is 1.93 bits per heavy atom. The number of hydrazone groups is 1. The summed E-state index contributed by atoms with van der Waals surface area (Å²) >= 11 is 1.45. The molecule has 0 unspecified atom stereocenters. The van der Waals surface area contributed by atoms with E-state index in [1.165, 1.54) is 11.3 Å². The first-order chi connectivity index (χ1) is 13.9. The minimum absolute atomic E-state index is 0.0501. The van der Waals surface area contributed by atoms with E-state index >= 15 is 0 Å². The van der Waals surface area contributed by atoms with Gasteiger partial charge in [-0.05, 0) is 55.7 Å². The van der Waals surface area contributed by atoms with E-state index in [-0.39, 0.29) is 11.9 Å². The van der Waals surface area contributed by atoms with Gasteiger partial charge in [-0.3, -0.25) is 5.43 Å². The number of benzene rings is 1. The third-order valence-corrected chi connectivity index (χ3v) is 4.96. The van der Waals surface area contributed by atoms with Gasteiger partial charge in [0.05, 0.1) is 17.6 Å². The topological polar surface area (TPSA) is 72.3 Å². The van der Waals surface area contributed by atoms with Crippen LogP contribution >= 0.6 is 11.3 Å². The Morgan fingerprint density at radius 1 is 1.17 bits per heavy atom. The number of nitrogens with one attached hydrogen (secondary N) is 1. The van der Waals surface area contributed by atoms with E-state index in [1.807, 2.05) is 12.3 Å². The lowest BCUT2D eigenvalue weighted by Gasteiger charge is -2.10. The number of rotatable bonds is 6. The number of hydrogen-bond acceptors (Lipinski definition) is 7. The van der Waals surface area contributed by atoms with Gasteiger partial charge in [-0.2, -0.15) is 28.2 Å². The maximum Gasteiger partial charge on any atom is 0.433 e. The monoisotopic (exact) mass is 419 g/mol. The van der Waals surface area contributed by atoms with Gasteiger partial charge < -0.3 is 4.74 Å². The second-order valence-electron chi connectivity index (χ2n) is 6.57. The fraction of sp³-hybridized carbons (Fsp3) is 0.263. The SMILES string of the molecule is Cc1csc(NN=Cc2ccc(Oc3nc(C4CC4)cc(C(F)(F)F)n3)cc2)n1. The second-order valence-corrected chi connectivity index (χ2v) is 7.43. The van der Waals surface area contributed by atoms with Crippen molar-refractivity contribution < 1.29 is 17.9 Å². The standard InChI is InChI=1S/C19H16F3N5OS/c1-11-10-29-18(24-11)27-23-9-12-2-6-14(7-3-12)28-17-25-15(13-4-5-13)8-16(26-17)19(20,21)22/h2-3,6-10,13H,4-5H2,1H3,(H,24,27). The summed E-state index contributed by atoms with van der Waals surface area (Å²) in [7, 11) is 0. The van der Waals surface area contributed by atoms with E-state index in [0.29, 0.717) is 16.6 Å². The number of anilines is 1. The third-order valence-electron chi connectivity index (χ3n) is 4.09. The van der Waals surface area contributed by atoms with Crippen LogP contribution in [0.5, 0.6) is 11.8 Å². The lowest BCUT2D eigenvalue weighted by atomic mass is 10.2. The molecule has 150 valence electrons. The zero-order valence-electron chi connectivity index (χ0n) is 15.3. The number of hydrogen-bond donors (Lipinski definition) is 1. The molecule has 0 atom stereocenters. The highest BCUT2D eigenvalue weighted by Crippen LogP contribution is 2.41. The zero-order chi connectivity index (χ0) is 20.4. The van der Waals surface area contributed by atoms with Gasteiger partial charge >= 0.3 is 12.2 Å². The lowest BCUT2D eigenvalue weighted by molar-refractivity contribution is -0.141. The Balaban J connectivity index is 1.45. The van der Waals surface area contributed by atoms with E-state index in [0.717, 1.165) is 30.2 Å². The molecule has 0 aliphatic heterocycles. The number of halogens is 3. The molecule has 1 aliphatic carbocycles. The summed E-state index contributed by atoms with van der Waals surface area (Å²) in [5, 5.41) is 6.70. The lowest BCUT2D eigenvalue weighted by Crippen LogP contribution is -2.11. The fourth-order valence-electron chi connectivity index (χ4n) is 2.52. The quantitative estimate of drug-likeness (QED) is 0.429. The molecule has 0 spiro atoms. The Labute approximate surface area is 168 Å². The van der Waals surface area contributed by atoms with Crippen molar-refractivity contribution in [2.45, 2.75) is 31.9 Å². The highest BCUT2D eigenvalue weighted by molar-refractivity contribution is 7.13. The van der Waals surface area contributed by atoms with E-state index in [2.05, 4.69) is 25.5 Å². The van der Waals surface area contributed by atoms with Gasteiger partial charge in [0.2, 0.25) is 5.13 Å². The van der Waals surface area contributed by atoms with Gasteiger partial charge in [-0.25, -0.2) is 4.98 Å². The van der Waals surface area contributed by atoms with Crippen LogP contribution in [0.15, 0.2) is 40.8 Å². The molecule has 3 aromatic rings. The van der Waals surface area contributed by atoms with Crippen LogP contribution in [-0.2, 0) is 6.18 Å². The molecule has 1 fully saturated rings. The van der Waals surface area contributed by atoms with Gasteiger partial charge in [0.1, 0.15) is 5.75 Å². The number of alkyl halides is 3. The summed E-state index contributed by atoms with van der Waals surface area (Å²) in [5.74, 6) is 0.390. The molecule has 0 saturated heterocycles. The predicted molar refractivity (Wildman–Crippen MR) is 104 cm³/mol. The summed E-state index contributed by atoms with van der Waals surface area (Å²) in [6.07, 6.45) is -1.28. The van der Waals surface area contributed by atoms with Crippen LogP contribution in [0.25, 0.3) is 0 Å². The van der Waals surface area contributed by atoms with Crippen LogP contribution < -0.4 is 10.2 Å². The molecule has 29 heavy (non-hydrogen) atoms. The molecule has 0 radical (unpaired) electrons. The van der Waals surface area contributed by atoms with E-state index in [9.17, 15) is 13.2 Å². The number of thiazole rings is 1. The molecule has 1 N–H and O–H groups in total. The average Bonchev–Trinajstić information content (AvgIpc) is 3.45. The normalized spacial score (nSPS) is 14.3. The van der Waals surface area contributed by atoms with Gasteiger partial charge in [0, 0.05) is 11.3 Å². The Morgan fingerprint density at radius 3 is 2.55 bits per heavy atom. The molecule has 0 amide bonds. The van der Waals surface area contributed by atoms with Crippen LogP contribution in [0.1, 0.15) is 41.4 Å². The number of ether oxygens (including phenoxy) is 1. The van der Waals surface area contributed by atoms with Crippen molar-refractivity contribution >= 4 is 22.7 Å². The molecule has 1 saturated carbocycles. The first kappa shape index (κ1) is 19.3.